The lowest BCUT2D eigenvalue weighted by Gasteiger charge is -2.11. The van der Waals surface area contributed by atoms with Crippen LogP contribution in [0.4, 0.5) is 28.0 Å². The van der Waals surface area contributed by atoms with Crippen LogP contribution in [-0.4, -0.2) is 12.2 Å². The van der Waals surface area contributed by atoms with Crippen molar-refractivity contribution in [1.82, 2.24) is 5.43 Å². The summed E-state index contributed by atoms with van der Waals surface area (Å²) in [4.78, 5) is 11.9. The third-order valence-corrected chi connectivity index (χ3v) is 3.82. The van der Waals surface area contributed by atoms with E-state index in [9.17, 15) is 22.4 Å². The summed E-state index contributed by atoms with van der Waals surface area (Å²) in [7, 11) is 0. The highest BCUT2D eigenvalue weighted by Crippen LogP contribution is 2.23. The maximum Gasteiger partial charge on any atom is 0.339 e. The number of hydrogen-bond donors (Lipinski definition) is 2. The first-order valence-electron chi connectivity index (χ1n) is 7.79. The van der Waals surface area contributed by atoms with E-state index in [1.165, 1.54) is 6.92 Å². The number of urea groups is 1. The highest BCUT2D eigenvalue weighted by atomic mass is 19.2. The SMILES string of the molecule is CCc1c(F)c(F)c(F)c(C=NNC(=O)Nc2c(C)cccc2C)c1F. The normalized spacial score (nSPS) is 11.0. The van der Waals surface area contributed by atoms with Gasteiger partial charge in [-0.1, -0.05) is 25.1 Å². The molecule has 8 heteroatoms. The van der Waals surface area contributed by atoms with Crippen LogP contribution in [0.5, 0.6) is 0 Å². The first kappa shape index (κ1) is 19.4. The molecule has 138 valence electrons. The molecule has 0 unspecified atom stereocenters. The molecule has 0 aliphatic carbocycles. The summed E-state index contributed by atoms with van der Waals surface area (Å²) in [5.41, 5.74) is 2.77. The molecule has 0 fully saturated rings. The number of hydrogen-bond acceptors (Lipinski definition) is 2. The Hall–Kier alpha value is -2.90. The van der Waals surface area contributed by atoms with Crippen LogP contribution in [0.3, 0.4) is 0 Å². The molecule has 2 amide bonds. The molecule has 2 aromatic carbocycles. The van der Waals surface area contributed by atoms with Gasteiger partial charge in [0, 0.05) is 11.3 Å². The summed E-state index contributed by atoms with van der Waals surface area (Å²) >= 11 is 0. The molecule has 0 bridgehead atoms. The zero-order valence-electron chi connectivity index (χ0n) is 14.4. The zero-order valence-corrected chi connectivity index (χ0v) is 14.4. The molecular weight excluding hydrogens is 350 g/mol. The molecule has 0 saturated heterocycles. The van der Waals surface area contributed by atoms with Gasteiger partial charge in [0.25, 0.3) is 0 Å². The molecule has 0 radical (unpaired) electrons. The monoisotopic (exact) mass is 367 g/mol. The van der Waals surface area contributed by atoms with Crippen LogP contribution >= 0.6 is 0 Å². The minimum Gasteiger partial charge on any atom is -0.306 e. The average Bonchev–Trinajstić information content (AvgIpc) is 2.60. The third kappa shape index (κ3) is 3.84. The number of para-hydroxylation sites is 1. The van der Waals surface area contributed by atoms with Crippen molar-refractivity contribution < 1.29 is 22.4 Å². The van der Waals surface area contributed by atoms with Crippen LogP contribution in [0.15, 0.2) is 23.3 Å². The van der Waals surface area contributed by atoms with E-state index in [2.05, 4.69) is 10.4 Å². The van der Waals surface area contributed by atoms with Gasteiger partial charge in [-0.2, -0.15) is 5.10 Å². The van der Waals surface area contributed by atoms with Gasteiger partial charge in [-0.25, -0.2) is 27.8 Å². The Balaban J connectivity index is 2.19. The van der Waals surface area contributed by atoms with E-state index in [1.54, 1.807) is 26.0 Å². The fourth-order valence-corrected chi connectivity index (χ4v) is 2.43. The van der Waals surface area contributed by atoms with Gasteiger partial charge in [0.1, 0.15) is 5.82 Å². The summed E-state index contributed by atoms with van der Waals surface area (Å²) in [6.45, 7) is 4.99. The van der Waals surface area contributed by atoms with Crippen molar-refractivity contribution in [3.63, 3.8) is 0 Å². The van der Waals surface area contributed by atoms with Crippen molar-refractivity contribution in [2.75, 3.05) is 5.32 Å². The number of rotatable bonds is 4. The second-order valence-corrected chi connectivity index (χ2v) is 5.59. The molecule has 0 saturated carbocycles. The largest absolute Gasteiger partial charge is 0.339 e. The Morgan fingerprint density at radius 2 is 1.65 bits per heavy atom. The molecular formula is C18H17F4N3O. The maximum absolute atomic E-state index is 14.1. The van der Waals surface area contributed by atoms with Crippen LogP contribution in [-0.2, 0) is 6.42 Å². The fourth-order valence-electron chi connectivity index (χ4n) is 2.43. The van der Waals surface area contributed by atoms with Crippen molar-refractivity contribution in [2.45, 2.75) is 27.2 Å². The molecule has 2 aromatic rings. The molecule has 0 spiro atoms. The van der Waals surface area contributed by atoms with Gasteiger partial charge in [-0.15, -0.1) is 0 Å². The van der Waals surface area contributed by atoms with E-state index in [4.69, 9.17) is 0 Å². The van der Waals surface area contributed by atoms with Gasteiger partial charge < -0.3 is 5.32 Å². The van der Waals surface area contributed by atoms with Crippen molar-refractivity contribution in [1.29, 1.82) is 0 Å². The smallest absolute Gasteiger partial charge is 0.306 e. The lowest BCUT2D eigenvalue weighted by Crippen LogP contribution is -2.25. The van der Waals surface area contributed by atoms with E-state index >= 15 is 0 Å². The van der Waals surface area contributed by atoms with Gasteiger partial charge >= 0.3 is 6.03 Å². The number of nitrogens with one attached hydrogen (secondary N) is 2. The number of anilines is 1. The zero-order chi connectivity index (χ0) is 19.4. The van der Waals surface area contributed by atoms with Gasteiger partial charge in [0.2, 0.25) is 0 Å². The highest BCUT2D eigenvalue weighted by Gasteiger charge is 2.23. The topological polar surface area (TPSA) is 53.5 Å². The molecule has 0 heterocycles. The maximum atomic E-state index is 14.1. The van der Waals surface area contributed by atoms with Crippen molar-refractivity contribution >= 4 is 17.9 Å². The predicted octanol–water partition coefficient (Wildman–Crippen LogP) is 4.58. The van der Waals surface area contributed by atoms with Crippen molar-refractivity contribution in [2.24, 2.45) is 5.10 Å². The van der Waals surface area contributed by atoms with Crippen LogP contribution < -0.4 is 10.7 Å². The van der Waals surface area contributed by atoms with E-state index in [1.807, 2.05) is 11.5 Å². The van der Waals surface area contributed by atoms with E-state index in [0.717, 1.165) is 11.1 Å². The number of carbonyl (C=O) groups excluding carboxylic acids is 1. The molecule has 0 aliphatic rings. The third-order valence-electron chi connectivity index (χ3n) is 3.82. The number of hydrazone groups is 1. The summed E-state index contributed by atoms with van der Waals surface area (Å²) < 4.78 is 54.8. The summed E-state index contributed by atoms with van der Waals surface area (Å²) in [6.07, 6.45) is 0.423. The van der Waals surface area contributed by atoms with Crippen molar-refractivity contribution in [3.8, 4) is 0 Å². The van der Waals surface area contributed by atoms with Gasteiger partial charge in [0.05, 0.1) is 11.8 Å². The number of aryl methyl sites for hydroxylation is 2. The first-order valence-corrected chi connectivity index (χ1v) is 7.79. The Bertz CT molecular complexity index is 861. The molecule has 2 N–H and O–H groups in total. The van der Waals surface area contributed by atoms with E-state index in [-0.39, 0.29) is 6.42 Å². The Labute approximate surface area is 147 Å². The van der Waals surface area contributed by atoms with Crippen LogP contribution in [0.2, 0.25) is 0 Å². The summed E-state index contributed by atoms with van der Waals surface area (Å²) in [5, 5.41) is 5.96. The summed E-state index contributed by atoms with van der Waals surface area (Å²) in [5.74, 6) is -6.33. The van der Waals surface area contributed by atoms with E-state index < -0.39 is 40.4 Å². The average molecular weight is 367 g/mol. The van der Waals surface area contributed by atoms with Crippen molar-refractivity contribution in [3.05, 3.63) is 63.7 Å². The lowest BCUT2D eigenvalue weighted by molar-refractivity contribution is 0.252. The van der Waals surface area contributed by atoms with Crippen LogP contribution in [0.1, 0.15) is 29.2 Å². The fraction of sp³-hybridized carbons (Fsp3) is 0.222. The number of halogens is 4. The molecule has 0 atom stereocenters. The molecule has 2 rings (SSSR count). The first-order chi connectivity index (χ1) is 12.3. The number of benzene rings is 2. The van der Waals surface area contributed by atoms with E-state index in [0.29, 0.717) is 11.9 Å². The van der Waals surface area contributed by atoms with Gasteiger partial charge in [-0.05, 0) is 31.4 Å². The van der Waals surface area contributed by atoms with Crippen LogP contribution in [0.25, 0.3) is 0 Å². The number of nitrogens with zero attached hydrogens (tertiary/aromatic N) is 1. The van der Waals surface area contributed by atoms with Gasteiger partial charge in [-0.3, -0.25) is 0 Å². The number of amides is 2. The molecule has 0 aromatic heterocycles. The quantitative estimate of drug-likeness (QED) is 0.269. The minimum atomic E-state index is -1.79. The lowest BCUT2D eigenvalue weighted by atomic mass is 10.1. The minimum absolute atomic E-state index is 0.170. The van der Waals surface area contributed by atoms with Crippen LogP contribution in [0, 0.1) is 37.1 Å². The Kier molecular flexibility index (Phi) is 5.97. The molecule has 26 heavy (non-hydrogen) atoms. The standard InChI is InChI=1S/C18H17F4N3O/c1-4-11-13(19)12(15(21)16(22)14(11)20)8-23-25-18(26)24-17-9(2)6-5-7-10(17)3/h5-8H,4H2,1-3H3,(H2,24,25,26). The summed E-state index contributed by atoms with van der Waals surface area (Å²) in [6, 6.07) is 4.66. The highest BCUT2D eigenvalue weighted by molar-refractivity contribution is 5.92. The molecule has 0 aliphatic heterocycles. The Morgan fingerprint density at radius 3 is 2.23 bits per heavy atom. The second kappa shape index (κ2) is 7.99. The predicted molar refractivity (Wildman–Crippen MR) is 91.3 cm³/mol. The number of carbonyl (C=O) groups is 1. The second-order valence-electron chi connectivity index (χ2n) is 5.59. The van der Waals surface area contributed by atoms with Gasteiger partial charge in [0.15, 0.2) is 17.5 Å². The molecule has 4 nitrogen and oxygen atoms in total. The Morgan fingerprint density at radius 1 is 1.04 bits per heavy atom.